The zero-order chi connectivity index (χ0) is 18.5. The summed E-state index contributed by atoms with van der Waals surface area (Å²) in [6.07, 6.45) is 5.42. The molecule has 0 bridgehead atoms. The normalized spacial score (nSPS) is 14.0. The molecular formula is C21H20N4O2. The molecule has 0 saturated carbocycles. The Labute approximate surface area is 158 Å². The van der Waals surface area contributed by atoms with Crippen LogP contribution in [0.2, 0.25) is 0 Å². The number of hydrogen-bond donors (Lipinski definition) is 0. The average Bonchev–Trinajstić information content (AvgIpc) is 3.22. The Morgan fingerprint density at radius 3 is 2.81 bits per heavy atom. The molecule has 0 amide bonds. The van der Waals surface area contributed by atoms with Gasteiger partial charge < -0.3 is 18.9 Å². The van der Waals surface area contributed by atoms with Crippen LogP contribution in [-0.2, 0) is 11.3 Å². The van der Waals surface area contributed by atoms with E-state index in [1.165, 1.54) is 0 Å². The second kappa shape index (κ2) is 7.94. The Hall–Kier alpha value is -3.30. The van der Waals surface area contributed by atoms with Crippen molar-refractivity contribution in [3.05, 3.63) is 72.3 Å². The molecule has 0 atom stereocenters. The standard InChI is InChI=1S/C21H20N4O2/c22-14-18-5-4-17(15-24-7-6-23-16-24)12-21(18)27-20-3-1-2-19(13-20)25-8-10-26-11-9-25/h1-7,12-13,16H,8-11,15H2. The van der Waals surface area contributed by atoms with Gasteiger partial charge in [0.2, 0.25) is 0 Å². The summed E-state index contributed by atoms with van der Waals surface area (Å²) in [4.78, 5) is 6.34. The van der Waals surface area contributed by atoms with Crippen LogP contribution >= 0.6 is 0 Å². The molecule has 2 aromatic carbocycles. The lowest BCUT2D eigenvalue weighted by Crippen LogP contribution is -2.36. The van der Waals surface area contributed by atoms with Crippen molar-refractivity contribution in [3.63, 3.8) is 0 Å². The van der Waals surface area contributed by atoms with Gasteiger partial charge in [0.25, 0.3) is 0 Å². The van der Waals surface area contributed by atoms with Gasteiger partial charge >= 0.3 is 0 Å². The molecule has 1 aliphatic heterocycles. The minimum Gasteiger partial charge on any atom is -0.456 e. The fourth-order valence-electron chi connectivity index (χ4n) is 3.13. The van der Waals surface area contributed by atoms with Crippen molar-refractivity contribution in [1.82, 2.24) is 9.55 Å². The van der Waals surface area contributed by atoms with Gasteiger partial charge in [-0.25, -0.2) is 4.98 Å². The minimum atomic E-state index is 0.515. The largest absolute Gasteiger partial charge is 0.456 e. The molecule has 27 heavy (non-hydrogen) atoms. The Morgan fingerprint density at radius 2 is 2.04 bits per heavy atom. The van der Waals surface area contributed by atoms with Crippen LogP contribution in [0.15, 0.2) is 61.2 Å². The van der Waals surface area contributed by atoms with Crippen LogP contribution in [0.25, 0.3) is 0 Å². The van der Waals surface area contributed by atoms with Crippen LogP contribution in [0.1, 0.15) is 11.1 Å². The first-order chi connectivity index (χ1) is 13.3. The molecule has 6 nitrogen and oxygen atoms in total. The maximum atomic E-state index is 9.44. The zero-order valence-electron chi connectivity index (χ0n) is 14.9. The third kappa shape index (κ3) is 4.10. The first-order valence-corrected chi connectivity index (χ1v) is 8.91. The summed E-state index contributed by atoms with van der Waals surface area (Å²) in [6.45, 7) is 3.89. The van der Waals surface area contributed by atoms with E-state index in [1.807, 2.05) is 41.1 Å². The van der Waals surface area contributed by atoms with Gasteiger partial charge in [-0.2, -0.15) is 5.26 Å². The van der Waals surface area contributed by atoms with Crippen molar-refractivity contribution >= 4 is 5.69 Å². The van der Waals surface area contributed by atoms with Gasteiger partial charge in [0.05, 0.1) is 25.1 Å². The van der Waals surface area contributed by atoms with Crippen LogP contribution in [0.4, 0.5) is 5.69 Å². The lowest BCUT2D eigenvalue weighted by Gasteiger charge is -2.29. The highest BCUT2D eigenvalue weighted by molar-refractivity contribution is 5.53. The van der Waals surface area contributed by atoms with Crippen molar-refractivity contribution in [1.29, 1.82) is 5.26 Å². The van der Waals surface area contributed by atoms with Crippen LogP contribution in [0, 0.1) is 11.3 Å². The number of nitrogens with zero attached hydrogens (tertiary/aromatic N) is 4. The highest BCUT2D eigenvalue weighted by atomic mass is 16.5. The summed E-state index contributed by atoms with van der Waals surface area (Å²) in [5.41, 5.74) is 2.66. The topological polar surface area (TPSA) is 63.3 Å². The van der Waals surface area contributed by atoms with Gasteiger partial charge in [0, 0.05) is 43.8 Å². The monoisotopic (exact) mass is 360 g/mol. The highest BCUT2D eigenvalue weighted by Crippen LogP contribution is 2.29. The molecule has 0 N–H and O–H groups in total. The summed E-state index contributed by atoms with van der Waals surface area (Å²) < 4.78 is 13.5. The summed E-state index contributed by atoms with van der Waals surface area (Å²) in [5, 5.41) is 9.44. The number of ether oxygens (including phenoxy) is 2. The van der Waals surface area contributed by atoms with Gasteiger partial charge in [-0.1, -0.05) is 12.1 Å². The van der Waals surface area contributed by atoms with Crippen molar-refractivity contribution in [2.75, 3.05) is 31.2 Å². The smallest absolute Gasteiger partial charge is 0.145 e. The Bertz CT molecular complexity index is 941. The Balaban J connectivity index is 1.57. The third-order valence-corrected chi connectivity index (χ3v) is 4.51. The van der Waals surface area contributed by atoms with E-state index in [4.69, 9.17) is 9.47 Å². The molecule has 0 radical (unpaired) electrons. The molecule has 6 heteroatoms. The lowest BCUT2D eigenvalue weighted by atomic mass is 10.1. The molecule has 1 fully saturated rings. The number of nitriles is 1. The number of benzene rings is 2. The molecular weight excluding hydrogens is 340 g/mol. The maximum absolute atomic E-state index is 9.44. The lowest BCUT2D eigenvalue weighted by molar-refractivity contribution is 0.122. The summed E-state index contributed by atoms with van der Waals surface area (Å²) in [5.74, 6) is 1.28. The van der Waals surface area contributed by atoms with Crippen LogP contribution in [-0.4, -0.2) is 35.9 Å². The van der Waals surface area contributed by atoms with Gasteiger partial charge in [-0.3, -0.25) is 0 Å². The molecule has 1 saturated heterocycles. The first-order valence-electron chi connectivity index (χ1n) is 8.91. The minimum absolute atomic E-state index is 0.515. The maximum Gasteiger partial charge on any atom is 0.145 e. The van der Waals surface area contributed by atoms with Crippen molar-refractivity contribution in [2.45, 2.75) is 6.54 Å². The molecule has 4 rings (SSSR count). The molecule has 1 aromatic heterocycles. The van der Waals surface area contributed by atoms with E-state index in [-0.39, 0.29) is 0 Å². The number of hydrogen-bond acceptors (Lipinski definition) is 5. The van der Waals surface area contributed by atoms with Crippen LogP contribution < -0.4 is 9.64 Å². The molecule has 136 valence electrons. The predicted octanol–water partition coefficient (Wildman–Crippen LogP) is 3.43. The van der Waals surface area contributed by atoms with Crippen molar-refractivity contribution in [2.24, 2.45) is 0 Å². The number of imidazole rings is 1. The average molecular weight is 360 g/mol. The fourth-order valence-corrected chi connectivity index (χ4v) is 3.13. The van der Waals surface area contributed by atoms with E-state index in [9.17, 15) is 5.26 Å². The Kier molecular flexibility index (Phi) is 5.04. The van der Waals surface area contributed by atoms with E-state index in [0.717, 1.165) is 43.3 Å². The number of anilines is 1. The van der Waals surface area contributed by atoms with E-state index in [2.05, 4.69) is 22.0 Å². The SMILES string of the molecule is N#Cc1ccc(Cn2ccnc2)cc1Oc1cccc(N2CCOCC2)c1. The van der Waals surface area contributed by atoms with Gasteiger partial charge in [-0.15, -0.1) is 0 Å². The zero-order valence-corrected chi connectivity index (χ0v) is 14.9. The van der Waals surface area contributed by atoms with E-state index < -0.39 is 0 Å². The fraction of sp³-hybridized carbons (Fsp3) is 0.238. The number of morpholine rings is 1. The summed E-state index contributed by atoms with van der Waals surface area (Å²) >= 11 is 0. The molecule has 0 aliphatic carbocycles. The van der Waals surface area contributed by atoms with Crippen LogP contribution in [0.3, 0.4) is 0 Å². The van der Waals surface area contributed by atoms with Gasteiger partial charge in [-0.05, 0) is 29.8 Å². The van der Waals surface area contributed by atoms with E-state index >= 15 is 0 Å². The Morgan fingerprint density at radius 1 is 1.15 bits per heavy atom. The van der Waals surface area contributed by atoms with Crippen LogP contribution in [0.5, 0.6) is 11.5 Å². The first kappa shape index (κ1) is 17.1. The van der Waals surface area contributed by atoms with Gasteiger partial charge in [0.1, 0.15) is 17.6 Å². The van der Waals surface area contributed by atoms with Crippen molar-refractivity contribution < 1.29 is 9.47 Å². The summed E-state index contributed by atoms with van der Waals surface area (Å²) in [6, 6.07) is 15.8. The molecule has 0 spiro atoms. The van der Waals surface area contributed by atoms with Crippen molar-refractivity contribution in [3.8, 4) is 17.6 Å². The molecule has 3 aromatic rings. The molecule has 1 aliphatic rings. The van der Waals surface area contributed by atoms with Gasteiger partial charge in [0.15, 0.2) is 0 Å². The highest BCUT2D eigenvalue weighted by Gasteiger charge is 2.13. The quantitative estimate of drug-likeness (QED) is 0.697. The van der Waals surface area contributed by atoms with E-state index in [0.29, 0.717) is 17.9 Å². The third-order valence-electron chi connectivity index (χ3n) is 4.51. The number of aromatic nitrogens is 2. The predicted molar refractivity (Wildman–Crippen MR) is 102 cm³/mol. The second-order valence-corrected chi connectivity index (χ2v) is 6.38. The number of rotatable bonds is 5. The molecule has 2 heterocycles. The molecule has 0 unspecified atom stereocenters. The summed E-state index contributed by atoms with van der Waals surface area (Å²) in [7, 11) is 0. The second-order valence-electron chi connectivity index (χ2n) is 6.38. The van der Waals surface area contributed by atoms with E-state index in [1.54, 1.807) is 18.6 Å².